The monoisotopic (exact) mass is 365 g/mol. The fourth-order valence-electron chi connectivity index (χ4n) is 6.54. The maximum Gasteiger partial charge on any atom is 0.269 e. The molecule has 4 saturated carbocycles. The number of likely N-dealkylation sites (tertiary alicyclic amines) is 1. The van der Waals surface area contributed by atoms with Crippen LogP contribution in [-0.4, -0.2) is 28.7 Å². The van der Waals surface area contributed by atoms with Gasteiger partial charge >= 0.3 is 0 Å². The predicted molar refractivity (Wildman–Crippen MR) is 106 cm³/mol. The van der Waals surface area contributed by atoms with Crippen molar-refractivity contribution < 1.29 is 4.92 Å². The van der Waals surface area contributed by atoms with Crippen molar-refractivity contribution in [2.45, 2.75) is 39.0 Å². The molecule has 6 rings (SSSR count). The number of nitro benzene ring substituents is 1. The maximum atomic E-state index is 11.1. The van der Waals surface area contributed by atoms with Crippen LogP contribution in [0.25, 0.3) is 0 Å². The second-order valence-corrected chi connectivity index (χ2v) is 8.98. The zero-order valence-electron chi connectivity index (χ0n) is 15.9. The lowest BCUT2D eigenvalue weighted by Crippen LogP contribution is -2.40. The number of nitro groups is 1. The van der Waals surface area contributed by atoms with Crippen LogP contribution in [0.1, 0.15) is 37.7 Å². The van der Waals surface area contributed by atoms with Crippen molar-refractivity contribution in [1.29, 1.82) is 0 Å². The Morgan fingerprint density at radius 2 is 2.26 bits per heavy atom. The zero-order valence-corrected chi connectivity index (χ0v) is 15.9. The number of non-ortho nitro benzene ring substituents is 1. The Morgan fingerprint density at radius 3 is 3.00 bits per heavy atom. The minimum Gasteiger partial charge on any atom is -0.356 e. The maximum absolute atomic E-state index is 11.1. The van der Waals surface area contributed by atoms with E-state index >= 15 is 0 Å². The van der Waals surface area contributed by atoms with E-state index in [1.807, 2.05) is 19.1 Å². The Bertz CT molecular complexity index is 848. The first-order valence-electron chi connectivity index (χ1n) is 10.2. The third-order valence-electron chi connectivity index (χ3n) is 7.77. The largest absolute Gasteiger partial charge is 0.356 e. The van der Waals surface area contributed by atoms with Crippen LogP contribution >= 0.6 is 0 Å². The van der Waals surface area contributed by atoms with Crippen LogP contribution in [0.5, 0.6) is 0 Å². The molecule has 5 fully saturated rings. The van der Waals surface area contributed by atoms with E-state index in [4.69, 9.17) is 4.99 Å². The molecule has 5 aliphatic rings. The number of hydrogen-bond donors (Lipinski definition) is 0. The van der Waals surface area contributed by atoms with Crippen molar-refractivity contribution in [3.05, 3.63) is 46.5 Å². The standard InChI is InChI=1S/C22H27N3O2/c1-3-10-24-13-16-5-4-15-8-9-22(16,19-12-18(15)19)21(24)23-20-7-6-17(25(26)27)11-14(20)2/h3,6-7,11,15-16,18-19H,1,4-5,8-10,12-13H2,2H3. The molecule has 27 heavy (non-hydrogen) atoms. The summed E-state index contributed by atoms with van der Waals surface area (Å²) in [5, 5.41) is 11.1. The van der Waals surface area contributed by atoms with Gasteiger partial charge in [-0.15, -0.1) is 6.58 Å². The summed E-state index contributed by atoms with van der Waals surface area (Å²) in [6.45, 7) is 7.82. The number of hydrogen-bond acceptors (Lipinski definition) is 3. The van der Waals surface area contributed by atoms with Gasteiger partial charge in [-0.2, -0.15) is 0 Å². The molecule has 1 aromatic carbocycles. The molecule has 5 atom stereocenters. The minimum absolute atomic E-state index is 0.138. The molecule has 5 unspecified atom stereocenters. The summed E-state index contributed by atoms with van der Waals surface area (Å²) < 4.78 is 0. The molecule has 142 valence electrons. The van der Waals surface area contributed by atoms with Gasteiger partial charge in [-0.1, -0.05) is 6.08 Å². The molecule has 0 radical (unpaired) electrons. The molecular weight excluding hydrogens is 338 g/mol. The van der Waals surface area contributed by atoms with Gasteiger partial charge in [0.1, 0.15) is 5.84 Å². The van der Waals surface area contributed by atoms with Gasteiger partial charge < -0.3 is 4.90 Å². The molecule has 0 N–H and O–H groups in total. The summed E-state index contributed by atoms with van der Waals surface area (Å²) in [6.07, 6.45) is 8.68. The molecule has 5 nitrogen and oxygen atoms in total. The lowest BCUT2D eigenvalue weighted by atomic mass is 9.67. The van der Waals surface area contributed by atoms with E-state index in [-0.39, 0.29) is 16.0 Å². The summed E-state index contributed by atoms with van der Waals surface area (Å²) in [7, 11) is 0. The van der Waals surface area contributed by atoms with Crippen molar-refractivity contribution in [2.24, 2.45) is 34.1 Å². The number of nitrogens with zero attached hydrogens (tertiary/aromatic N) is 3. The molecule has 1 heterocycles. The van der Waals surface area contributed by atoms with E-state index in [1.54, 1.807) is 12.1 Å². The topological polar surface area (TPSA) is 58.7 Å². The molecule has 1 spiro atoms. The van der Waals surface area contributed by atoms with Gasteiger partial charge in [-0.25, -0.2) is 4.99 Å². The van der Waals surface area contributed by atoms with Crippen molar-refractivity contribution in [3.63, 3.8) is 0 Å². The van der Waals surface area contributed by atoms with Crippen molar-refractivity contribution in [2.75, 3.05) is 13.1 Å². The molecule has 4 aliphatic carbocycles. The van der Waals surface area contributed by atoms with Crippen LogP contribution in [-0.2, 0) is 0 Å². The summed E-state index contributed by atoms with van der Waals surface area (Å²) in [5.41, 5.74) is 2.13. The highest BCUT2D eigenvalue weighted by molar-refractivity contribution is 5.94. The lowest BCUT2D eigenvalue weighted by Gasteiger charge is -2.38. The summed E-state index contributed by atoms with van der Waals surface area (Å²) in [5.74, 6) is 4.61. The van der Waals surface area contributed by atoms with Crippen LogP contribution in [0, 0.1) is 46.1 Å². The van der Waals surface area contributed by atoms with Gasteiger partial charge in [-0.05, 0) is 74.3 Å². The summed E-state index contributed by atoms with van der Waals surface area (Å²) in [6, 6.07) is 5.05. The number of benzene rings is 1. The molecule has 1 aliphatic heterocycles. The van der Waals surface area contributed by atoms with Crippen molar-refractivity contribution in [1.82, 2.24) is 4.90 Å². The molecule has 5 heteroatoms. The highest BCUT2D eigenvalue weighted by atomic mass is 16.6. The first-order chi connectivity index (χ1) is 13.0. The summed E-state index contributed by atoms with van der Waals surface area (Å²) in [4.78, 5) is 18.4. The van der Waals surface area contributed by atoms with E-state index in [1.165, 1.54) is 37.9 Å². The van der Waals surface area contributed by atoms with Crippen LogP contribution in [0.3, 0.4) is 0 Å². The lowest BCUT2D eigenvalue weighted by molar-refractivity contribution is -0.384. The zero-order chi connectivity index (χ0) is 18.8. The van der Waals surface area contributed by atoms with Gasteiger partial charge in [-0.3, -0.25) is 10.1 Å². The number of amidine groups is 1. The van der Waals surface area contributed by atoms with Gasteiger partial charge in [0.2, 0.25) is 0 Å². The average molecular weight is 365 g/mol. The van der Waals surface area contributed by atoms with Crippen LogP contribution in [0.2, 0.25) is 0 Å². The summed E-state index contributed by atoms with van der Waals surface area (Å²) >= 11 is 0. The van der Waals surface area contributed by atoms with E-state index in [9.17, 15) is 10.1 Å². The Labute approximate surface area is 160 Å². The van der Waals surface area contributed by atoms with Crippen molar-refractivity contribution >= 4 is 17.2 Å². The number of aryl methyl sites for hydroxylation is 1. The minimum atomic E-state index is -0.334. The highest BCUT2D eigenvalue weighted by Gasteiger charge is 2.68. The number of aliphatic imine (C=N–C) groups is 1. The van der Waals surface area contributed by atoms with Crippen molar-refractivity contribution in [3.8, 4) is 0 Å². The van der Waals surface area contributed by atoms with Gasteiger partial charge in [0.15, 0.2) is 0 Å². The van der Waals surface area contributed by atoms with E-state index in [2.05, 4.69) is 11.5 Å². The van der Waals surface area contributed by atoms with E-state index in [0.29, 0.717) is 5.92 Å². The molecule has 2 bridgehead atoms. The first kappa shape index (κ1) is 17.0. The van der Waals surface area contributed by atoms with Crippen LogP contribution in [0.4, 0.5) is 11.4 Å². The normalized spacial score (nSPS) is 37.7. The Hall–Kier alpha value is -2.17. The highest BCUT2D eigenvalue weighted by Crippen LogP contribution is 2.70. The third-order valence-corrected chi connectivity index (χ3v) is 7.77. The first-order valence-corrected chi connectivity index (χ1v) is 10.2. The van der Waals surface area contributed by atoms with Crippen LogP contribution < -0.4 is 0 Å². The number of rotatable bonds is 4. The average Bonchev–Trinajstić information content (AvgIpc) is 3.43. The molecule has 0 amide bonds. The second kappa shape index (κ2) is 5.91. The SMILES string of the molecule is C=CCN1CC2CCC3CCC2(C1=Nc1ccc([N+](=O)[O-])cc1C)C1CC31. The van der Waals surface area contributed by atoms with Gasteiger partial charge in [0.05, 0.1) is 10.6 Å². The van der Waals surface area contributed by atoms with Crippen LogP contribution in [0.15, 0.2) is 35.8 Å². The molecular formula is C22H27N3O2. The van der Waals surface area contributed by atoms with E-state index in [0.717, 1.165) is 42.1 Å². The smallest absolute Gasteiger partial charge is 0.269 e. The van der Waals surface area contributed by atoms with Gasteiger partial charge in [0.25, 0.3) is 5.69 Å². The Morgan fingerprint density at radius 1 is 1.41 bits per heavy atom. The van der Waals surface area contributed by atoms with Gasteiger partial charge in [0, 0.05) is 30.6 Å². The molecule has 1 saturated heterocycles. The molecule has 0 aromatic heterocycles. The fourth-order valence-corrected chi connectivity index (χ4v) is 6.54. The quantitative estimate of drug-likeness (QED) is 0.434. The Kier molecular flexibility index (Phi) is 3.72. The molecule has 1 aromatic rings. The third kappa shape index (κ3) is 2.40. The Balaban J connectivity index is 1.60. The number of fused-ring (bicyclic) bond motifs is 2. The second-order valence-electron chi connectivity index (χ2n) is 8.98. The fraction of sp³-hybridized carbons (Fsp3) is 0.591. The van der Waals surface area contributed by atoms with E-state index < -0.39 is 0 Å². The predicted octanol–water partition coefficient (Wildman–Crippen LogP) is 4.88.